The standard InChI is InChI=1S/C73H113N11O15/c1-19-47(8)62(57(95-16)42-58(85)84-39-24-28-56(84)63(96-17)48(9)64(86)78-55(69(91)97-18)41-50-25-21-20-22-26-50)83(15)68(90)60(45(4)5)79-67(89)61(46(6)7)81(13)40-37-49-31-35-53(36-32-49)82(14)72(94)98-43-51-29-33-52(34-30-51)76-65(87)54(27-23-38-75-70(74)92)77-66(88)59(44(2)3)80-71(93)99-73(10,11)12/h20-22,25-26,29-36,44-48,54-57,59-63H,19,23-24,27-28,37-43H2,1-18H3,(H,76,87)(H,77,88)(H,78,86)(H,79,89)(H,80,93)(H3,74,75,92). The normalized spacial score (nSPS) is 16.2. The minimum absolute atomic E-state index is 0.0644. The van der Waals surface area contributed by atoms with Crippen LogP contribution in [0.3, 0.4) is 0 Å². The maximum atomic E-state index is 14.9. The molecule has 8 N–H and O–H groups in total. The molecular weight excluding hydrogens is 1270 g/mol. The average Bonchev–Trinajstić information content (AvgIpc) is 1.68. The zero-order chi connectivity index (χ0) is 74.0. The van der Waals surface area contributed by atoms with Crippen molar-refractivity contribution in [2.45, 2.75) is 201 Å². The first-order valence-electron chi connectivity index (χ1n) is 34.4. The monoisotopic (exact) mass is 1380 g/mol. The molecule has 0 aromatic heterocycles. The van der Waals surface area contributed by atoms with Crippen molar-refractivity contribution in [3.63, 3.8) is 0 Å². The van der Waals surface area contributed by atoms with Crippen molar-refractivity contribution >= 4 is 71.0 Å². The van der Waals surface area contributed by atoms with E-state index in [1.54, 1.807) is 102 Å². The van der Waals surface area contributed by atoms with Crippen molar-refractivity contribution in [1.82, 2.24) is 41.3 Å². The van der Waals surface area contributed by atoms with Gasteiger partial charge < -0.3 is 71.1 Å². The van der Waals surface area contributed by atoms with Gasteiger partial charge in [0.1, 0.15) is 36.4 Å². The molecule has 0 spiro atoms. The molecule has 0 aliphatic carbocycles. The summed E-state index contributed by atoms with van der Waals surface area (Å²) in [6, 6.07) is 17.0. The van der Waals surface area contributed by atoms with Gasteiger partial charge in [0.25, 0.3) is 0 Å². The van der Waals surface area contributed by atoms with Gasteiger partial charge in [0.05, 0.1) is 49.8 Å². The smallest absolute Gasteiger partial charge is 0.414 e. The summed E-state index contributed by atoms with van der Waals surface area (Å²) in [4.78, 5) is 142. The van der Waals surface area contributed by atoms with E-state index >= 15 is 0 Å². The third-order valence-corrected chi connectivity index (χ3v) is 18.1. The fraction of sp³-hybridized carbons (Fsp3) is 0.616. The number of nitrogens with zero attached hydrogens (tertiary/aromatic N) is 4. The Balaban J connectivity index is 1.35. The Morgan fingerprint density at radius 3 is 1.86 bits per heavy atom. The van der Waals surface area contributed by atoms with Crippen molar-refractivity contribution in [3.8, 4) is 0 Å². The lowest BCUT2D eigenvalue weighted by Gasteiger charge is -2.41. The second-order valence-electron chi connectivity index (χ2n) is 27.8. The van der Waals surface area contributed by atoms with Gasteiger partial charge in [0, 0.05) is 65.7 Å². The molecule has 1 saturated heterocycles. The van der Waals surface area contributed by atoms with Crippen molar-refractivity contribution < 1.29 is 71.6 Å². The first kappa shape index (κ1) is 83.1. The molecule has 26 nitrogen and oxygen atoms in total. The van der Waals surface area contributed by atoms with Crippen molar-refractivity contribution in [1.29, 1.82) is 0 Å². The molecule has 0 bridgehead atoms. The molecule has 3 aromatic carbocycles. The number of methoxy groups -OCH3 is 3. The largest absolute Gasteiger partial charge is 0.467 e. The Hall–Kier alpha value is -8.36. The summed E-state index contributed by atoms with van der Waals surface area (Å²) in [5.74, 6) is -4.69. The zero-order valence-corrected chi connectivity index (χ0v) is 61.6. The van der Waals surface area contributed by atoms with Gasteiger partial charge in [-0.05, 0) is 125 Å². The number of esters is 1. The molecule has 1 aliphatic heterocycles. The number of carbonyl (C=O) groups is 10. The van der Waals surface area contributed by atoms with E-state index in [-0.39, 0.29) is 73.8 Å². The number of likely N-dealkylation sites (tertiary alicyclic amines) is 1. The van der Waals surface area contributed by atoms with Crippen LogP contribution in [-0.2, 0) is 76.7 Å². The second kappa shape index (κ2) is 40.0. The summed E-state index contributed by atoms with van der Waals surface area (Å²) in [7, 11) is 9.48. The van der Waals surface area contributed by atoms with Crippen LogP contribution in [0.1, 0.15) is 138 Å². The highest BCUT2D eigenvalue weighted by atomic mass is 16.6. The third kappa shape index (κ3) is 25.7. The SMILES string of the molecule is CCC(C)C(C(CC(=O)N1CCCC1C(OC)C(C)C(=O)NC(Cc1ccccc1)C(=O)OC)OC)N(C)C(=O)C(NC(=O)C(C(C)C)N(C)CCc1ccc(N(C)C(=O)OCc2ccc(NC(=O)C(CCCNC(N)=O)NC(=O)C(NC(=O)OC(C)(C)C)C(C)C)cc2)cc1)C(C)C. The van der Waals surface area contributed by atoms with Crippen LogP contribution in [0.15, 0.2) is 78.9 Å². The van der Waals surface area contributed by atoms with E-state index in [9.17, 15) is 47.9 Å². The fourth-order valence-corrected chi connectivity index (χ4v) is 12.4. The van der Waals surface area contributed by atoms with Gasteiger partial charge in [-0.1, -0.05) is 123 Å². The van der Waals surface area contributed by atoms with Gasteiger partial charge in [0.2, 0.25) is 35.4 Å². The predicted molar refractivity (Wildman–Crippen MR) is 379 cm³/mol. The molecule has 3 aromatic rings. The number of amides is 10. The second-order valence-corrected chi connectivity index (χ2v) is 27.8. The lowest BCUT2D eigenvalue weighted by Crippen LogP contribution is -2.60. The number of primary amides is 1. The molecule has 1 fully saturated rings. The molecule has 1 heterocycles. The molecule has 0 saturated carbocycles. The summed E-state index contributed by atoms with van der Waals surface area (Å²) >= 11 is 0. The van der Waals surface area contributed by atoms with E-state index in [4.69, 9.17) is 29.4 Å². The van der Waals surface area contributed by atoms with Crippen LogP contribution in [0.5, 0.6) is 0 Å². The Kier molecular flexibility index (Phi) is 33.6. The molecule has 1 aliphatic rings. The topological polar surface area (TPSA) is 328 Å². The number of alkyl carbamates (subject to hydrolysis) is 1. The Morgan fingerprint density at radius 2 is 1.30 bits per heavy atom. The summed E-state index contributed by atoms with van der Waals surface area (Å²) in [5.41, 5.74) is 7.81. The van der Waals surface area contributed by atoms with Crippen LogP contribution >= 0.6 is 0 Å². The number of carbonyl (C=O) groups excluding carboxylic acids is 10. The number of nitrogens with one attached hydrogen (secondary N) is 6. The van der Waals surface area contributed by atoms with E-state index in [0.29, 0.717) is 62.1 Å². The van der Waals surface area contributed by atoms with Crippen LogP contribution in [0.2, 0.25) is 0 Å². The van der Waals surface area contributed by atoms with Gasteiger partial charge in [-0.25, -0.2) is 19.2 Å². The lowest BCUT2D eigenvalue weighted by atomic mass is 9.89. The van der Waals surface area contributed by atoms with E-state index in [1.165, 1.54) is 26.2 Å². The van der Waals surface area contributed by atoms with Crippen LogP contribution < -0.4 is 42.5 Å². The molecule has 11 atom stereocenters. The Labute approximate surface area is 585 Å². The van der Waals surface area contributed by atoms with Gasteiger partial charge >= 0.3 is 24.2 Å². The number of benzene rings is 3. The van der Waals surface area contributed by atoms with Crippen LogP contribution in [0.4, 0.5) is 25.8 Å². The van der Waals surface area contributed by atoms with Gasteiger partial charge in [-0.15, -0.1) is 0 Å². The fourth-order valence-electron chi connectivity index (χ4n) is 12.4. The molecule has 550 valence electrons. The maximum absolute atomic E-state index is 14.9. The number of anilines is 2. The van der Waals surface area contributed by atoms with Crippen molar-refractivity contribution in [2.24, 2.45) is 35.3 Å². The third-order valence-electron chi connectivity index (χ3n) is 18.1. The number of nitrogens with two attached hydrogens (primary N) is 1. The molecule has 99 heavy (non-hydrogen) atoms. The Bertz CT molecular complexity index is 3110. The zero-order valence-electron chi connectivity index (χ0n) is 61.6. The summed E-state index contributed by atoms with van der Waals surface area (Å²) in [6.45, 7) is 23.0. The van der Waals surface area contributed by atoms with Gasteiger partial charge in [-0.2, -0.15) is 0 Å². The number of hydrogen-bond acceptors (Lipinski definition) is 16. The number of likely N-dealkylation sites (N-methyl/N-ethyl adjacent to an activating group) is 2. The summed E-state index contributed by atoms with van der Waals surface area (Å²) in [5, 5.41) is 16.6. The number of ether oxygens (including phenoxy) is 5. The first-order chi connectivity index (χ1) is 46.7. The maximum Gasteiger partial charge on any atom is 0.414 e. The number of rotatable bonds is 37. The van der Waals surface area contributed by atoms with E-state index in [0.717, 1.165) is 11.1 Å². The lowest BCUT2D eigenvalue weighted by molar-refractivity contribution is -0.149. The first-order valence-corrected chi connectivity index (χ1v) is 34.4. The summed E-state index contributed by atoms with van der Waals surface area (Å²) in [6.07, 6.45) is 0.217. The predicted octanol–water partition coefficient (Wildman–Crippen LogP) is 7.34. The number of hydrogen-bond donors (Lipinski definition) is 7. The van der Waals surface area contributed by atoms with Crippen molar-refractivity contribution in [2.75, 3.05) is 72.3 Å². The average molecular weight is 1380 g/mol. The minimum Gasteiger partial charge on any atom is -0.467 e. The highest BCUT2D eigenvalue weighted by Gasteiger charge is 2.44. The Morgan fingerprint density at radius 1 is 0.687 bits per heavy atom. The molecule has 4 rings (SSSR count). The van der Waals surface area contributed by atoms with E-state index in [2.05, 4.69) is 31.9 Å². The minimum atomic E-state index is -1.06. The van der Waals surface area contributed by atoms with Gasteiger partial charge in [0.15, 0.2) is 0 Å². The van der Waals surface area contributed by atoms with Crippen molar-refractivity contribution in [3.05, 3.63) is 95.6 Å². The molecule has 10 amide bonds. The van der Waals surface area contributed by atoms with Gasteiger partial charge in [-0.3, -0.25) is 38.6 Å². The number of urea groups is 1. The summed E-state index contributed by atoms with van der Waals surface area (Å²) < 4.78 is 28.2. The van der Waals surface area contributed by atoms with Crippen LogP contribution in [-0.4, -0.2) is 197 Å². The molecule has 26 heteroatoms. The molecular formula is C73H113N11O15. The highest BCUT2D eigenvalue weighted by Crippen LogP contribution is 2.31. The quantitative estimate of drug-likeness (QED) is 0.0169. The van der Waals surface area contributed by atoms with Crippen LogP contribution in [0, 0.1) is 29.6 Å². The molecule has 11 unspecified atom stereocenters. The molecule has 0 radical (unpaired) electrons. The van der Waals surface area contributed by atoms with E-state index in [1.807, 2.05) is 96.0 Å². The van der Waals surface area contributed by atoms with E-state index < -0.39 is 108 Å². The van der Waals surface area contributed by atoms with Crippen LogP contribution in [0.25, 0.3) is 0 Å². The highest BCUT2D eigenvalue weighted by molar-refractivity contribution is 5.98.